The average Bonchev–Trinajstić information content (AvgIpc) is 2.80. The van der Waals surface area contributed by atoms with Crippen LogP contribution in [0.2, 0.25) is 0 Å². The Balaban J connectivity index is 1.47. The van der Waals surface area contributed by atoms with Crippen LogP contribution in [0.15, 0.2) is 78.9 Å². The van der Waals surface area contributed by atoms with E-state index in [4.69, 9.17) is 9.47 Å². The molecule has 0 saturated heterocycles. The van der Waals surface area contributed by atoms with Crippen molar-refractivity contribution in [1.82, 2.24) is 0 Å². The molecule has 0 spiro atoms. The van der Waals surface area contributed by atoms with Crippen LogP contribution >= 0.6 is 0 Å². The van der Waals surface area contributed by atoms with E-state index in [1.807, 2.05) is 66.7 Å². The van der Waals surface area contributed by atoms with E-state index in [1.54, 1.807) is 0 Å². The van der Waals surface area contributed by atoms with Crippen LogP contribution in [-0.4, -0.2) is 25.7 Å². The minimum absolute atomic E-state index is 0.134. The third-order valence-electron chi connectivity index (χ3n) is 4.70. The molecule has 5 nitrogen and oxygen atoms in total. The van der Waals surface area contributed by atoms with Gasteiger partial charge >= 0.3 is 0 Å². The molecule has 3 aromatic carbocycles. The second-order valence-electron chi connectivity index (χ2n) is 7.21. The molecular formula is C26H30N2O3. The summed E-state index contributed by atoms with van der Waals surface area (Å²) in [4.78, 5) is 12.4. The normalized spacial score (nSPS) is 10.4. The topological polar surface area (TPSA) is 59.6 Å². The van der Waals surface area contributed by atoms with Crippen LogP contribution in [0.1, 0.15) is 25.3 Å². The molecule has 0 radical (unpaired) electrons. The summed E-state index contributed by atoms with van der Waals surface area (Å²) in [5.74, 6) is 1.36. The lowest BCUT2D eigenvalue weighted by atomic mass is 10.2. The Bertz CT molecular complexity index is 944. The molecule has 0 unspecified atom stereocenters. The smallest absolute Gasteiger partial charge is 0.243 e. The van der Waals surface area contributed by atoms with Gasteiger partial charge in [0.05, 0.1) is 25.4 Å². The van der Waals surface area contributed by atoms with Crippen LogP contribution in [0, 0.1) is 0 Å². The first-order valence-electron chi connectivity index (χ1n) is 10.8. The van der Waals surface area contributed by atoms with Crippen LogP contribution in [0.25, 0.3) is 0 Å². The van der Waals surface area contributed by atoms with Gasteiger partial charge in [0.1, 0.15) is 11.5 Å². The fourth-order valence-corrected chi connectivity index (χ4v) is 3.04. The van der Waals surface area contributed by atoms with Gasteiger partial charge in [0.2, 0.25) is 5.91 Å². The average molecular weight is 419 g/mol. The van der Waals surface area contributed by atoms with Crippen molar-refractivity contribution < 1.29 is 14.3 Å². The first-order valence-corrected chi connectivity index (χ1v) is 10.8. The number of para-hydroxylation sites is 2. The monoisotopic (exact) mass is 418 g/mol. The van der Waals surface area contributed by atoms with Gasteiger partial charge in [0, 0.05) is 18.2 Å². The van der Waals surface area contributed by atoms with Crippen LogP contribution in [0.4, 0.5) is 11.4 Å². The number of carbonyl (C=O) groups excluding carboxylic acids is 1. The molecular weight excluding hydrogens is 388 g/mol. The molecule has 0 aromatic heterocycles. The molecule has 0 atom stereocenters. The Hall–Kier alpha value is -3.47. The summed E-state index contributed by atoms with van der Waals surface area (Å²) in [6.07, 6.45) is 2.91. The van der Waals surface area contributed by atoms with Crippen molar-refractivity contribution in [3.8, 4) is 11.5 Å². The zero-order valence-electron chi connectivity index (χ0n) is 18.0. The van der Waals surface area contributed by atoms with Crippen LogP contribution in [0.5, 0.6) is 11.5 Å². The first-order chi connectivity index (χ1) is 15.2. The van der Waals surface area contributed by atoms with E-state index in [0.29, 0.717) is 18.9 Å². The van der Waals surface area contributed by atoms with E-state index in [0.717, 1.165) is 36.4 Å². The summed E-state index contributed by atoms with van der Waals surface area (Å²) < 4.78 is 11.6. The zero-order chi connectivity index (χ0) is 21.7. The maximum absolute atomic E-state index is 12.4. The third kappa shape index (κ3) is 7.70. The largest absolute Gasteiger partial charge is 0.493 e. The standard InChI is InChI=1S/C26H30N2O3/c1-2-3-17-31-25-15-8-7-14-24(25)27-20-26(29)28-22-12-9-13-23(19-22)30-18-16-21-10-5-4-6-11-21/h4-15,19,27H,2-3,16-18,20H2,1H3,(H,28,29). The van der Waals surface area contributed by atoms with Crippen LogP contribution < -0.4 is 20.1 Å². The molecule has 3 rings (SSSR count). The van der Waals surface area contributed by atoms with Gasteiger partial charge in [-0.3, -0.25) is 4.79 Å². The number of carbonyl (C=O) groups is 1. The number of nitrogens with one attached hydrogen (secondary N) is 2. The summed E-state index contributed by atoms with van der Waals surface area (Å²) in [6.45, 7) is 3.52. The van der Waals surface area contributed by atoms with Gasteiger partial charge in [0.25, 0.3) is 0 Å². The second-order valence-corrected chi connectivity index (χ2v) is 7.21. The van der Waals surface area contributed by atoms with Crippen LogP contribution in [-0.2, 0) is 11.2 Å². The fourth-order valence-electron chi connectivity index (χ4n) is 3.04. The first kappa shape index (κ1) is 22.2. The van der Waals surface area contributed by atoms with Gasteiger partial charge in [-0.25, -0.2) is 0 Å². The van der Waals surface area contributed by atoms with Crippen molar-refractivity contribution in [2.24, 2.45) is 0 Å². The van der Waals surface area contributed by atoms with Gasteiger partial charge in [-0.1, -0.05) is 61.9 Å². The Labute approximate surface area is 184 Å². The highest BCUT2D eigenvalue weighted by molar-refractivity contribution is 5.94. The molecule has 31 heavy (non-hydrogen) atoms. The molecule has 0 saturated carbocycles. The van der Waals surface area contributed by atoms with E-state index >= 15 is 0 Å². The van der Waals surface area contributed by atoms with Gasteiger partial charge < -0.3 is 20.1 Å². The van der Waals surface area contributed by atoms with E-state index in [-0.39, 0.29) is 12.5 Å². The summed E-state index contributed by atoms with van der Waals surface area (Å²) in [5, 5.41) is 6.07. The lowest BCUT2D eigenvalue weighted by molar-refractivity contribution is -0.114. The molecule has 1 amide bonds. The number of rotatable bonds is 12. The predicted octanol–water partition coefficient (Wildman–Crippen LogP) is 5.54. The maximum atomic E-state index is 12.4. The number of benzene rings is 3. The number of anilines is 2. The molecule has 0 aliphatic rings. The maximum Gasteiger partial charge on any atom is 0.243 e. The zero-order valence-corrected chi connectivity index (χ0v) is 18.0. The van der Waals surface area contributed by atoms with Gasteiger partial charge in [-0.2, -0.15) is 0 Å². The molecule has 162 valence electrons. The Morgan fingerprint density at radius 1 is 0.871 bits per heavy atom. The minimum atomic E-state index is -0.134. The molecule has 0 bridgehead atoms. The molecule has 3 aromatic rings. The summed E-state index contributed by atoms with van der Waals surface area (Å²) in [5.41, 5.74) is 2.75. The lowest BCUT2D eigenvalue weighted by Crippen LogP contribution is -2.22. The highest BCUT2D eigenvalue weighted by Crippen LogP contribution is 2.24. The Kier molecular flexibility index (Phi) is 8.80. The SMILES string of the molecule is CCCCOc1ccccc1NCC(=O)Nc1cccc(OCCc2ccccc2)c1. The van der Waals surface area contributed by atoms with E-state index in [1.165, 1.54) is 5.56 Å². The number of amides is 1. The van der Waals surface area contributed by atoms with E-state index in [2.05, 4.69) is 29.7 Å². The van der Waals surface area contributed by atoms with E-state index in [9.17, 15) is 4.79 Å². The van der Waals surface area contributed by atoms with Gasteiger partial charge in [-0.15, -0.1) is 0 Å². The van der Waals surface area contributed by atoms with Crippen molar-refractivity contribution in [3.05, 3.63) is 84.4 Å². The predicted molar refractivity (Wildman–Crippen MR) is 126 cm³/mol. The lowest BCUT2D eigenvalue weighted by Gasteiger charge is -2.13. The number of hydrogen-bond donors (Lipinski definition) is 2. The van der Waals surface area contributed by atoms with Crippen molar-refractivity contribution >= 4 is 17.3 Å². The quantitative estimate of drug-likeness (QED) is 0.379. The molecule has 5 heteroatoms. The van der Waals surface area contributed by atoms with Crippen molar-refractivity contribution in [2.75, 3.05) is 30.4 Å². The molecule has 0 heterocycles. The summed E-state index contributed by atoms with van der Waals surface area (Å²) in [7, 11) is 0. The third-order valence-corrected chi connectivity index (χ3v) is 4.70. The van der Waals surface area contributed by atoms with Crippen molar-refractivity contribution in [2.45, 2.75) is 26.2 Å². The molecule has 2 N–H and O–H groups in total. The fraction of sp³-hybridized carbons (Fsp3) is 0.269. The molecule has 0 fully saturated rings. The second kappa shape index (κ2) is 12.3. The van der Waals surface area contributed by atoms with Gasteiger partial charge in [0.15, 0.2) is 0 Å². The summed E-state index contributed by atoms with van der Waals surface area (Å²) in [6, 6.07) is 25.3. The highest BCUT2D eigenvalue weighted by Gasteiger charge is 2.07. The summed E-state index contributed by atoms with van der Waals surface area (Å²) >= 11 is 0. The Morgan fingerprint density at radius 2 is 1.68 bits per heavy atom. The van der Waals surface area contributed by atoms with E-state index < -0.39 is 0 Å². The van der Waals surface area contributed by atoms with Crippen LogP contribution in [0.3, 0.4) is 0 Å². The molecule has 0 aliphatic carbocycles. The number of unbranched alkanes of at least 4 members (excludes halogenated alkanes) is 1. The van der Waals surface area contributed by atoms with Gasteiger partial charge in [-0.05, 0) is 36.2 Å². The Morgan fingerprint density at radius 3 is 2.52 bits per heavy atom. The molecule has 0 aliphatic heterocycles. The number of hydrogen-bond acceptors (Lipinski definition) is 4. The van der Waals surface area contributed by atoms with Crippen molar-refractivity contribution in [1.29, 1.82) is 0 Å². The number of ether oxygens (including phenoxy) is 2. The highest BCUT2D eigenvalue weighted by atomic mass is 16.5. The minimum Gasteiger partial charge on any atom is -0.493 e. The van der Waals surface area contributed by atoms with Crippen molar-refractivity contribution in [3.63, 3.8) is 0 Å².